The van der Waals surface area contributed by atoms with Gasteiger partial charge in [-0.05, 0) is 40.6 Å². The summed E-state index contributed by atoms with van der Waals surface area (Å²) in [6.07, 6.45) is -0.908. The number of halogens is 1. The van der Waals surface area contributed by atoms with Crippen LogP contribution in [0.5, 0.6) is 0 Å². The van der Waals surface area contributed by atoms with Gasteiger partial charge in [0.15, 0.2) is 0 Å². The number of nitroso groups, excluding NO2 is 1. The highest BCUT2D eigenvalue weighted by molar-refractivity contribution is 6.30. The summed E-state index contributed by atoms with van der Waals surface area (Å²) in [6, 6.07) is 11.3. The van der Waals surface area contributed by atoms with E-state index >= 15 is 0 Å². The number of carbonyl (C=O) groups excluding carboxylic acids is 1. The molecule has 5 nitrogen and oxygen atoms in total. The van der Waals surface area contributed by atoms with Gasteiger partial charge in [0.1, 0.15) is 11.8 Å². The van der Waals surface area contributed by atoms with Gasteiger partial charge in [0.2, 0.25) is 5.91 Å². The molecule has 0 aliphatic rings. The monoisotopic (exact) mass is 304 g/mol. The van der Waals surface area contributed by atoms with E-state index in [4.69, 9.17) is 11.6 Å². The molecule has 0 heterocycles. The molecule has 0 saturated carbocycles. The maximum absolute atomic E-state index is 11.0. The van der Waals surface area contributed by atoms with Crippen LogP contribution in [-0.2, 0) is 4.79 Å². The lowest BCUT2D eigenvalue weighted by molar-refractivity contribution is -0.114. The third-order valence-electron chi connectivity index (χ3n) is 2.93. The molecular formula is C15H13ClN2O3. The van der Waals surface area contributed by atoms with E-state index in [9.17, 15) is 14.8 Å². The number of anilines is 1. The Morgan fingerprint density at radius 3 is 2.38 bits per heavy atom. The summed E-state index contributed by atoms with van der Waals surface area (Å²) in [5.41, 5.74) is 1.52. The fourth-order valence-electron chi connectivity index (χ4n) is 1.93. The molecule has 0 spiro atoms. The number of rotatable bonds is 4. The molecule has 0 radical (unpaired) electrons. The zero-order valence-corrected chi connectivity index (χ0v) is 12.0. The van der Waals surface area contributed by atoms with Crippen molar-refractivity contribution in [3.05, 3.63) is 63.5 Å². The number of benzene rings is 2. The van der Waals surface area contributed by atoms with Gasteiger partial charge in [-0.1, -0.05) is 29.8 Å². The van der Waals surface area contributed by atoms with Crippen molar-refractivity contribution in [3.63, 3.8) is 0 Å². The average Bonchev–Trinajstić information content (AvgIpc) is 2.47. The van der Waals surface area contributed by atoms with Crippen molar-refractivity contribution >= 4 is 28.9 Å². The number of hydrogen-bond acceptors (Lipinski definition) is 4. The van der Waals surface area contributed by atoms with Gasteiger partial charge in [-0.3, -0.25) is 4.79 Å². The molecule has 0 aromatic heterocycles. The van der Waals surface area contributed by atoms with Gasteiger partial charge >= 0.3 is 0 Å². The number of aliphatic hydroxyl groups excluding tert-OH is 1. The fraction of sp³-hybridized carbons (Fsp3) is 0.133. The highest BCUT2D eigenvalue weighted by Gasteiger charge is 2.14. The van der Waals surface area contributed by atoms with Crippen LogP contribution in [0.2, 0.25) is 5.02 Å². The van der Waals surface area contributed by atoms with Crippen LogP contribution >= 0.6 is 11.6 Å². The lowest BCUT2D eigenvalue weighted by Crippen LogP contribution is -2.06. The average molecular weight is 305 g/mol. The van der Waals surface area contributed by atoms with E-state index in [0.717, 1.165) is 0 Å². The molecule has 0 aliphatic heterocycles. The third-order valence-corrected chi connectivity index (χ3v) is 3.18. The summed E-state index contributed by atoms with van der Waals surface area (Å²) in [5, 5.41) is 16.3. The van der Waals surface area contributed by atoms with Crippen molar-refractivity contribution in [3.8, 4) is 0 Å². The molecule has 1 atom stereocenters. The zero-order valence-electron chi connectivity index (χ0n) is 11.2. The number of amides is 1. The van der Waals surface area contributed by atoms with Gasteiger partial charge in [0.25, 0.3) is 0 Å². The Labute approximate surface area is 126 Å². The Hall–Kier alpha value is -2.24. The van der Waals surface area contributed by atoms with Crippen LogP contribution in [0.3, 0.4) is 0 Å². The first-order valence-corrected chi connectivity index (χ1v) is 6.57. The number of nitrogens with zero attached hydrogens (tertiary/aromatic N) is 1. The number of carbonyl (C=O) groups is 1. The second-order valence-electron chi connectivity index (χ2n) is 4.50. The minimum atomic E-state index is -0.908. The van der Waals surface area contributed by atoms with Gasteiger partial charge in [0, 0.05) is 11.9 Å². The molecule has 21 heavy (non-hydrogen) atoms. The number of aliphatic hydroxyl groups is 1. The normalized spacial score (nSPS) is 11.8. The second kappa shape index (κ2) is 6.47. The van der Waals surface area contributed by atoms with Crippen molar-refractivity contribution in [1.29, 1.82) is 0 Å². The van der Waals surface area contributed by atoms with Gasteiger partial charge in [-0.15, -0.1) is 4.91 Å². The summed E-state index contributed by atoms with van der Waals surface area (Å²) in [7, 11) is 0. The van der Waals surface area contributed by atoms with Crippen LogP contribution in [0.25, 0.3) is 0 Å². The van der Waals surface area contributed by atoms with Crippen LogP contribution in [0.4, 0.5) is 11.4 Å². The van der Waals surface area contributed by atoms with E-state index in [-0.39, 0.29) is 11.6 Å². The fourth-order valence-corrected chi connectivity index (χ4v) is 2.05. The summed E-state index contributed by atoms with van der Waals surface area (Å²) in [6.45, 7) is 1.34. The number of hydrogen-bond donors (Lipinski definition) is 2. The topological polar surface area (TPSA) is 78.8 Å². The van der Waals surface area contributed by atoms with E-state index in [1.807, 2.05) is 0 Å². The maximum atomic E-state index is 11.0. The van der Waals surface area contributed by atoms with Gasteiger partial charge in [0.05, 0.1) is 5.69 Å². The van der Waals surface area contributed by atoms with Crippen molar-refractivity contribution in [2.45, 2.75) is 13.0 Å². The minimum Gasteiger partial charge on any atom is -0.384 e. The molecule has 108 valence electrons. The predicted molar refractivity (Wildman–Crippen MR) is 81.7 cm³/mol. The highest BCUT2D eigenvalue weighted by atomic mass is 35.5. The van der Waals surface area contributed by atoms with Crippen molar-refractivity contribution in [1.82, 2.24) is 0 Å². The largest absolute Gasteiger partial charge is 0.384 e. The molecule has 2 aromatic rings. The quantitative estimate of drug-likeness (QED) is 0.844. The smallest absolute Gasteiger partial charge is 0.221 e. The van der Waals surface area contributed by atoms with E-state index in [1.165, 1.54) is 19.1 Å². The summed E-state index contributed by atoms with van der Waals surface area (Å²) in [5.74, 6) is -0.300. The molecule has 0 fully saturated rings. The van der Waals surface area contributed by atoms with Crippen LogP contribution in [0.15, 0.2) is 47.6 Å². The van der Waals surface area contributed by atoms with Crippen molar-refractivity contribution < 1.29 is 9.90 Å². The Bertz CT molecular complexity index is 671. The molecule has 0 saturated heterocycles. The van der Waals surface area contributed by atoms with Crippen LogP contribution in [-0.4, -0.2) is 11.0 Å². The molecule has 6 heteroatoms. The summed E-state index contributed by atoms with van der Waals surface area (Å²) >= 11 is 5.80. The third kappa shape index (κ3) is 3.65. The van der Waals surface area contributed by atoms with E-state index in [1.54, 1.807) is 30.3 Å². The SMILES string of the molecule is CC(=O)Nc1ccc(C(O)c2ccc(Cl)cc2)cc1N=O. The highest BCUT2D eigenvalue weighted by Crippen LogP contribution is 2.31. The molecular weight excluding hydrogens is 292 g/mol. The van der Waals surface area contributed by atoms with Crippen molar-refractivity contribution in [2.24, 2.45) is 5.18 Å². The Morgan fingerprint density at radius 2 is 1.81 bits per heavy atom. The van der Waals surface area contributed by atoms with Crippen LogP contribution in [0, 0.1) is 4.91 Å². The molecule has 2 rings (SSSR count). The standard InChI is InChI=1S/C15H13ClN2O3/c1-9(19)17-13-7-4-11(8-14(13)18-21)15(20)10-2-5-12(16)6-3-10/h2-8,15,20H,1H3,(H,17,19). The van der Waals surface area contributed by atoms with Gasteiger partial charge in [-0.25, -0.2) is 0 Å². The molecule has 1 unspecified atom stereocenters. The van der Waals surface area contributed by atoms with Gasteiger partial charge in [-0.2, -0.15) is 0 Å². The minimum absolute atomic E-state index is 0.0655. The van der Waals surface area contributed by atoms with Crippen LogP contribution in [0.1, 0.15) is 24.2 Å². The lowest BCUT2D eigenvalue weighted by Gasteiger charge is -2.13. The summed E-state index contributed by atoms with van der Waals surface area (Å²) in [4.78, 5) is 21.9. The Morgan fingerprint density at radius 1 is 1.19 bits per heavy atom. The maximum Gasteiger partial charge on any atom is 0.221 e. The first kappa shape index (κ1) is 15.2. The zero-order chi connectivity index (χ0) is 15.4. The second-order valence-corrected chi connectivity index (χ2v) is 4.94. The van der Waals surface area contributed by atoms with Gasteiger partial charge < -0.3 is 10.4 Å². The van der Waals surface area contributed by atoms with Crippen molar-refractivity contribution in [2.75, 3.05) is 5.32 Å². The first-order valence-electron chi connectivity index (χ1n) is 6.19. The molecule has 2 N–H and O–H groups in total. The van der Waals surface area contributed by atoms with E-state index < -0.39 is 6.10 Å². The summed E-state index contributed by atoms with van der Waals surface area (Å²) < 4.78 is 0. The first-order chi connectivity index (χ1) is 10.0. The Balaban J connectivity index is 2.33. The van der Waals surface area contributed by atoms with Crippen LogP contribution < -0.4 is 5.32 Å². The molecule has 1 amide bonds. The predicted octanol–water partition coefficient (Wildman–Crippen LogP) is 3.78. The molecule has 0 aliphatic carbocycles. The number of nitrogens with one attached hydrogen (secondary N) is 1. The molecule has 2 aromatic carbocycles. The lowest BCUT2D eigenvalue weighted by atomic mass is 10.0. The Kier molecular flexibility index (Phi) is 4.67. The van der Waals surface area contributed by atoms with E-state index in [0.29, 0.717) is 21.8 Å². The van der Waals surface area contributed by atoms with E-state index in [2.05, 4.69) is 10.5 Å². The molecule has 0 bridgehead atoms.